The minimum atomic E-state index is -0.963. The number of aliphatic carboxylic acids is 1. The van der Waals surface area contributed by atoms with E-state index in [1.807, 2.05) is 27.2 Å². The number of esters is 1. The highest BCUT2D eigenvalue weighted by Crippen LogP contribution is 2.09. The molecule has 0 aromatic heterocycles. The molecule has 0 aromatic carbocycles. The van der Waals surface area contributed by atoms with Gasteiger partial charge in [-0.1, -0.05) is 63.7 Å². The second-order valence-electron chi connectivity index (χ2n) is 7.83. The summed E-state index contributed by atoms with van der Waals surface area (Å²) >= 11 is 0. The molecule has 5 heteroatoms. The van der Waals surface area contributed by atoms with E-state index >= 15 is 0 Å². The molecule has 26 heavy (non-hydrogen) atoms. The molecule has 0 radical (unpaired) electrons. The van der Waals surface area contributed by atoms with Crippen LogP contribution in [0.4, 0.5) is 0 Å². The predicted molar refractivity (Wildman–Crippen MR) is 106 cm³/mol. The third kappa shape index (κ3) is 17.2. The number of hydrogen-bond donors (Lipinski definition) is 1. The Hall–Kier alpha value is -1.62. The van der Waals surface area contributed by atoms with Gasteiger partial charge in [0, 0.05) is 6.08 Å². The van der Waals surface area contributed by atoms with E-state index in [0.29, 0.717) is 11.0 Å². The quantitative estimate of drug-likeness (QED) is 0.154. The fraction of sp³-hybridized carbons (Fsp3) is 0.714. The maximum absolute atomic E-state index is 11.8. The van der Waals surface area contributed by atoms with Crippen LogP contribution in [0.15, 0.2) is 24.3 Å². The van der Waals surface area contributed by atoms with E-state index in [2.05, 4.69) is 13.0 Å². The molecule has 5 nitrogen and oxygen atoms in total. The van der Waals surface area contributed by atoms with Crippen molar-refractivity contribution in [3.05, 3.63) is 24.3 Å². The Labute approximate surface area is 159 Å². The maximum atomic E-state index is 11.8. The van der Waals surface area contributed by atoms with Crippen LogP contribution in [0.1, 0.15) is 64.7 Å². The lowest BCUT2D eigenvalue weighted by Gasteiger charge is -2.28. The molecule has 1 atom stereocenters. The number of carboxylic acids is 1. The van der Waals surface area contributed by atoms with Crippen LogP contribution in [0.3, 0.4) is 0 Å². The number of carbonyl (C=O) groups excluding carboxylic acids is 1. The Kier molecular flexibility index (Phi) is 13.6. The van der Waals surface area contributed by atoms with Gasteiger partial charge in [0.2, 0.25) is 0 Å². The third-order valence-electron chi connectivity index (χ3n) is 3.89. The lowest BCUT2D eigenvalue weighted by Crippen LogP contribution is -2.43. The smallest absolute Gasteiger partial charge is 0.331 e. The van der Waals surface area contributed by atoms with Crippen molar-refractivity contribution in [2.45, 2.75) is 70.8 Å². The highest BCUT2D eigenvalue weighted by molar-refractivity contribution is 5.82. The lowest BCUT2D eigenvalue weighted by molar-refractivity contribution is -0.873. The van der Waals surface area contributed by atoms with Gasteiger partial charge in [-0.05, 0) is 12.8 Å². The van der Waals surface area contributed by atoms with Crippen molar-refractivity contribution >= 4 is 11.9 Å². The number of carboxylic acid groups (broad SMARTS) is 1. The molecule has 0 heterocycles. The highest BCUT2D eigenvalue weighted by atomic mass is 16.5. The van der Waals surface area contributed by atoms with Crippen LogP contribution in [-0.2, 0) is 14.3 Å². The molecule has 0 bridgehead atoms. The number of rotatable bonds is 15. The maximum Gasteiger partial charge on any atom is 0.331 e. The van der Waals surface area contributed by atoms with E-state index in [1.165, 1.54) is 51.0 Å². The molecule has 0 spiro atoms. The second-order valence-corrected chi connectivity index (χ2v) is 7.83. The highest BCUT2D eigenvalue weighted by Gasteiger charge is 2.23. The Morgan fingerprint density at radius 2 is 1.62 bits per heavy atom. The van der Waals surface area contributed by atoms with Gasteiger partial charge >= 0.3 is 11.9 Å². The molecule has 0 aliphatic carbocycles. The zero-order valence-electron chi connectivity index (χ0n) is 17.1. The summed E-state index contributed by atoms with van der Waals surface area (Å²) < 4.78 is 5.81. The second kappa shape index (κ2) is 14.5. The summed E-state index contributed by atoms with van der Waals surface area (Å²) in [5.41, 5.74) is 0. The molecule has 150 valence electrons. The largest absolute Gasteiger partial charge is 0.481 e. The number of unbranched alkanes of at least 4 members (excludes halogenated alkanes) is 7. The lowest BCUT2D eigenvalue weighted by atomic mass is 10.1. The molecule has 0 saturated heterocycles. The first-order valence-electron chi connectivity index (χ1n) is 9.80. The topological polar surface area (TPSA) is 63.6 Å². The Morgan fingerprint density at radius 3 is 2.19 bits per heavy atom. The number of quaternary nitrogens is 1. The molecular weight excluding hydrogens is 330 g/mol. The Bertz CT molecular complexity index is 449. The van der Waals surface area contributed by atoms with E-state index < -0.39 is 18.0 Å². The SMILES string of the molecule is CCCCCCCCCC=CC=CC(=O)O[C@H](CC(=O)O)C[N+](C)(C)C. The summed E-state index contributed by atoms with van der Waals surface area (Å²) in [5, 5.41) is 8.94. The van der Waals surface area contributed by atoms with Gasteiger partial charge in [0.15, 0.2) is 6.10 Å². The predicted octanol–water partition coefficient (Wildman–Crippen LogP) is 4.33. The monoisotopic (exact) mass is 368 g/mol. The van der Waals surface area contributed by atoms with Crippen LogP contribution in [0.25, 0.3) is 0 Å². The molecule has 0 saturated carbocycles. The van der Waals surface area contributed by atoms with Crippen molar-refractivity contribution in [3.8, 4) is 0 Å². The Balaban J connectivity index is 4.02. The van der Waals surface area contributed by atoms with Crippen molar-refractivity contribution in [1.82, 2.24) is 0 Å². The summed E-state index contributed by atoms with van der Waals surface area (Å²) in [6.45, 7) is 2.68. The van der Waals surface area contributed by atoms with E-state index in [0.717, 1.165) is 6.42 Å². The number of hydrogen-bond acceptors (Lipinski definition) is 3. The zero-order valence-corrected chi connectivity index (χ0v) is 17.1. The average Bonchev–Trinajstić information content (AvgIpc) is 2.50. The molecule has 0 aliphatic rings. The molecule has 0 aliphatic heterocycles. The number of nitrogens with zero attached hydrogens (tertiary/aromatic N) is 1. The Morgan fingerprint density at radius 1 is 1.00 bits per heavy atom. The van der Waals surface area contributed by atoms with E-state index in [-0.39, 0.29) is 6.42 Å². The minimum absolute atomic E-state index is 0.177. The molecule has 1 N–H and O–H groups in total. The van der Waals surface area contributed by atoms with Gasteiger partial charge in [-0.2, -0.15) is 0 Å². The molecule has 0 amide bonds. The van der Waals surface area contributed by atoms with Gasteiger partial charge in [-0.3, -0.25) is 4.79 Å². The van der Waals surface area contributed by atoms with Gasteiger partial charge in [-0.15, -0.1) is 0 Å². The van der Waals surface area contributed by atoms with Crippen LogP contribution in [0.5, 0.6) is 0 Å². The van der Waals surface area contributed by atoms with E-state index in [1.54, 1.807) is 6.08 Å². The van der Waals surface area contributed by atoms with Gasteiger partial charge in [0.1, 0.15) is 6.54 Å². The summed E-state index contributed by atoms with van der Waals surface area (Å²) in [6, 6.07) is 0. The van der Waals surface area contributed by atoms with Gasteiger partial charge in [-0.25, -0.2) is 4.79 Å². The van der Waals surface area contributed by atoms with Crippen LogP contribution in [0, 0.1) is 0 Å². The average molecular weight is 369 g/mol. The molecule has 0 rings (SSSR count). The first-order chi connectivity index (χ1) is 12.2. The standard InChI is InChI=1S/C21H37NO4/c1-5-6-7-8-9-10-11-12-13-14-15-16-21(25)26-19(17-20(23)24)18-22(2,3)4/h13-16,19H,5-12,17-18H2,1-4H3/p+1/t19-/m1/s1. The van der Waals surface area contributed by atoms with Crippen LogP contribution in [0.2, 0.25) is 0 Å². The summed E-state index contributed by atoms with van der Waals surface area (Å²) in [6.07, 6.45) is 16.1. The summed E-state index contributed by atoms with van der Waals surface area (Å²) in [7, 11) is 5.81. The minimum Gasteiger partial charge on any atom is -0.481 e. The number of likely N-dealkylation sites (N-methyl/N-ethyl adjacent to an activating group) is 1. The number of allylic oxidation sites excluding steroid dienone is 3. The normalized spacial score (nSPS) is 13.4. The molecule has 0 aromatic rings. The summed E-state index contributed by atoms with van der Waals surface area (Å²) in [5.74, 6) is -1.46. The van der Waals surface area contributed by atoms with Gasteiger partial charge < -0.3 is 14.3 Å². The zero-order chi connectivity index (χ0) is 19.8. The molecule has 0 fully saturated rings. The third-order valence-corrected chi connectivity index (χ3v) is 3.89. The van der Waals surface area contributed by atoms with Crippen molar-refractivity contribution in [3.63, 3.8) is 0 Å². The van der Waals surface area contributed by atoms with Gasteiger partial charge in [0.25, 0.3) is 0 Å². The summed E-state index contributed by atoms with van der Waals surface area (Å²) in [4.78, 5) is 22.7. The van der Waals surface area contributed by atoms with E-state index in [9.17, 15) is 9.59 Å². The van der Waals surface area contributed by atoms with E-state index in [4.69, 9.17) is 9.84 Å². The van der Waals surface area contributed by atoms with Crippen LogP contribution < -0.4 is 0 Å². The van der Waals surface area contributed by atoms with Crippen molar-refractivity contribution in [1.29, 1.82) is 0 Å². The first kappa shape index (κ1) is 24.4. The van der Waals surface area contributed by atoms with Crippen molar-refractivity contribution in [2.24, 2.45) is 0 Å². The first-order valence-corrected chi connectivity index (χ1v) is 9.80. The fourth-order valence-corrected chi connectivity index (χ4v) is 2.68. The fourth-order valence-electron chi connectivity index (χ4n) is 2.68. The van der Waals surface area contributed by atoms with Crippen molar-refractivity contribution in [2.75, 3.05) is 27.7 Å². The van der Waals surface area contributed by atoms with Crippen molar-refractivity contribution < 1.29 is 23.9 Å². The number of ether oxygens (including phenoxy) is 1. The van der Waals surface area contributed by atoms with Crippen LogP contribution >= 0.6 is 0 Å². The van der Waals surface area contributed by atoms with Crippen LogP contribution in [-0.4, -0.2) is 55.3 Å². The van der Waals surface area contributed by atoms with Gasteiger partial charge in [0.05, 0.1) is 27.6 Å². The molecular formula is C21H38NO4+. The molecule has 0 unspecified atom stereocenters. The number of carbonyl (C=O) groups is 2.